The third-order valence-corrected chi connectivity index (χ3v) is 13.2. The molecule has 11 N–H and O–H groups in total. The largest absolute Gasteiger partial charge is 0.508 e. The van der Waals surface area contributed by atoms with E-state index in [1.807, 2.05) is 48.5 Å². The summed E-state index contributed by atoms with van der Waals surface area (Å²) in [5.74, 6) is -7.25. The second kappa shape index (κ2) is 22.8. The van der Waals surface area contributed by atoms with Crippen molar-refractivity contribution in [3.63, 3.8) is 0 Å². The average molecular weight is 976 g/mol. The fourth-order valence-corrected chi connectivity index (χ4v) is 9.58. The number of aromatic hydroxyl groups is 1. The van der Waals surface area contributed by atoms with Gasteiger partial charge in [-0.25, -0.2) is 4.79 Å². The zero-order valence-corrected chi connectivity index (χ0v) is 39.6. The van der Waals surface area contributed by atoms with Crippen molar-refractivity contribution in [3.05, 3.63) is 102 Å². The summed E-state index contributed by atoms with van der Waals surface area (Å²) in [6.07, 6.45) is 3.90. The highest BCUT2D eigenvalue weighted by Gasteiger charge is 2.44. The number of rotatable bonds is 21. The van der Waals surface area contributed by atoms with Crippen LogP contribution in [0.5, 0.6) is 5.75 Å². The molecule has 71 heavy (non-hydrogen) atoms. The van der Waals surface area contributed by atoms with Crippen LogP contribution in [0.1, 0.15) is 69.1 Å². The van der Waals surface area contributed by atoms with Gasteiger partial charge in [0, 0.05) is 60.1 Å². The van der Waals surface area contributed by atoms with Gasteiger partial charge in [-0.1, -0.05) is 62.4 Å². The standard InChI is InChI=1S/C51H61N9O11/c1-28(2)21-38(46(65)58-41(25-44(62)63)49(68)59-19-7-13-42(59)50(69)60-20-8-14-43(60)51(70)71)56-48(67)40(24-31-27-54-37-12-6-4-10-34(31)37)57-47(66)39(23-30-26-53-36-11-5-3-9-33(30)36)55-45(64)35(52)22-29-15-17-32(61)18-16-29/h3-6,9-12,15-18,26-28,35,38-43,53-54,61H,7-8,13-14,19-25,52H2,1-2H3,(H,55,64)(H,56,67)(H,57,66)(H,58,65)(H,62,63)(H,70,71)/t35-,38-,39-,40-,41-,42-,43-/m0/s1. The minimum Gasteiger partial charge on any atom is -0.508 e. The summed E-state index contributed by atoms with van der Waals surface area (Å²) in [6, 6.07) is 12.1. The molecular weight excluding hydrogens is 915 g/mol. The van der Waals surface area contributed by atoms with E-state index >= 15 is 0 Å². The number of hydrogen-bond donors (Lipinski definition) is 10. The summed E-state index contributed by atoms with van der Waals surface area (Å²) < 4.78 is 0. The Morgan fingerprint density at radius 2 is 1.13 bits per heavy atom. The Kier molecular flexibility index (Phi) is 16.4. The molecule has 0 spiro atoms. The van der Waals surface area contributed by atoms with Gasteiger partial charge in [0.2, 0.25) is 35.4 Å². The van der Waals surface area contributed by atoms with E-state index in [0.29, 0.717) is 29.5 Å². The van der Waals surface area contributed by atoms with Crippen LogP contribution < -0.4 is 27.0 Å². The first-order valence-corrected chi connectivity index (χ1v) is 23.9. The first-order chi connectivity index (χ1) is 34.0. The number of fused-ring (bicyclic) bond motifs is 2. The lowest BCUT2D eigenvalue weighted by molar-refractivity contribution is -0.153. The van der Waals surface area contributed by atoms with Gasteiger partial charge in [0.05, 0.1) is 12.5 Å². The lowest BCUT2D eigenvalue weighted by Crippen LogP contribution is -2.60. The minimum atomic E-state index is -1.66. The van der Waals surface area contributed by atoms with Crippen molar-refractivity contribution in [2.24, 2.45) is 11.7 Å². The van der Waals surface area contributed by atoms with E-state index < -0.39 is 96.1 Å². The third kappa shape index (κ3) is 12.5. The Labute approximate surface area is 409 Å². The first kappa shape index (κ1) is 51.1. The summed E-state index contributed by atoms with van der Waals surface area (Å²) in [4.78, 5) is 118. The van der Waals surface area contributed by atoms with Crippen LogP contribution in [0.2, 0.25) is 0 Å². The van der Waals surface area contributed by atoms with E-state index in [1.54, 1.807) is 38.4 Å². The van der Waals surface area contributed by atoms with Gasteiger partial charge >= 0.3 is 11.9 Å². The molecule has 5 aromatic rings. The maximum atomic E-state index is 14.7. The topological polar surface area (TPSA) is 309 Å². The molecule has 20 nitrogen and oxygen atoms in total. The second-order valence-corrected chi connectivity index (χ2v) is 18.8. The van der Waals surface area contributed by atoms with E-state index in [0.717, 1.165) is 21.8 Å². The van der Waals surface area contributed by atoms with Gasteiger partial charge < -0.3 is 62.1 Å². The molecule has 6 amide bonds. The van der Waals surface area contributed by atoms with E-state index in [-0.39, 0.29) is 63.3 Å². The Balaban J connectivity index is 1.14. The molecule has 2 fully saturated rings. The lowest BCUT2D eigenvalue weighted by Gasteiger charge is -2.32. The van der Waals surface area contributed by atoms with Crippen molar-refractivity contribution in [1.29, 1.82) is 0 Å². The summed E-state index contributed by atoms with van der Waals surface area (Å²) in [7, 11) is 0. The number of aliphatic carboxylic acids is 2. The molecule has 0 bridgehead atoms. The van der Waals surface area contributed by atoms with Gasteiger partial charge in [-0.05, 0) is 85.4 Å². The Bertz CT molecular complexity index is 2770. The monoisotopic (exact) mass is 975 g/mol. The highest BCUT2D eigenvalue weighted by molar-refractivity contribution is 5.99. The molecule has 0 aliphatic carbocycles. The van der Waals surface area contributed by atoms with E-state index in [9.17, 15) is 53.7 Å². The molecule has 0 saturated carbocycles. The van der Waals surface area contributed by atoms with Crippen LogP contribution in [0.15, 0.2) is 85.2 Å². The number of aromatic nitrogens is 2. The summed E-state index contributed by atoms with van der Waals surface area (Å²) in [5.41, 5.74) is 9.93. The maximum absolute atomic E-state index is 14.7. The van der Waals surface area contributed by atoms with Crippen LogP contribution >= 0.6 is 0 Å². The number of likely N-dealkylation sites (tertiary alicyclic amines) is 2. The minimum absolute atomic E-state index is 0.0199. The molecule has 2 aliphatic rings. The summed E-state index contributed by atoms with van der Waals surface area (Å²) >= 11 is 0. The Morgan fingerprint density at radius 1 is 0.634 bits per heavy atom. The number of aromatic amines is 2. The number of nitrogens with two attached hydrogens (primary N) is 1. The van der Waals surface area contributed by atoms with Crippen LogP contribution in [-0.2, 0) is 57.6 Å². The van der Waals surface area contributed by atoms with Gasteiger partial charge in [-0.3, -0.25) is 33.6 Å². The van der Waals surface area contributed by atoms with Gasteiger partial charge in [0.1, 0.15) is 42.0 Å². The van der Waals surface area contributed by atoms with Crippen LogP contribution in [0.3, 0.4) is 0 Å². The normalized spacial score (nSPS) is 17.9. The number of benzene rings is 3. The number of amides is 6. The summed E-state index contributed by atoms with van der Waals surface area (Å²) in [5, 5.41) is 41.9. The van der Waals surface area contributed by atoms with Crippen molar-refractivity contribution in [2.75, 3.05) is 13.1 Å². The van der Waals surface area contributed by atoms with Crippen LogP contribution in [0.25, 0.3) is 21.8 Å². The molecule has 2 saturated heterocycles. The number of nitrogens with one attached hydrogen (secondary N) is 6. The molecule has 7 atom stereocenters. The molecule has 2 aliphatic heterocycles. The van der Waals surface area contributed by atoms with E-state index in [4.69, 9.17) is 5.73 Å². The number of para-hydroxylation sites is 2. The third-order valence-electron chi connectivity index (χ3n) is 13.2. The van der Waals surface area contributed by atoms with Crippen LogP contribution in [0, 0.1) is 5.92 Å². The first-order valence-electron chi connectivity index (χ1n) is 23.9. The number of carboxylic acid groups (broad SMARTS) is 2. The number of carbonyl (C=O) groups is 8. The van der Waals surface area contributed by atoms with E-state index in [1.165, 1.54) is 21.9 Å². The van der Waals surface area contributed by atoms with Crippen molar-refractivity contribution in [3.8, 4) is 5.75 Å². The molecule has 7 rings (SSSR count). The van der Waals surface area contributed by atoms with Crippen molar-refractivity contribution in [1.82, 2.24) is 41.0 Å². The number of phenolic OH excluding ortho intramolecular Hbond substituents is 1. The number of carbonyl (C=O) groups excluding carboxylic acids is 6. The average Bonchev–Trinajstić information content (AvgIpc) is 4.18. The van der Waals surface area contributed by atoms with Crippen LogP contribution in [-0.4, -0.2) is 138 Å². The molecule has 4 heterocycles. The maximum Gasteiger partial charge on any atom is 0.326 e. The molecular formula is C51H61N9O11. The number of phenols is 1. The Morgan fingerprint density at radius 3 is 1.68 bits per heavy atom. The van der Waals surface area contributed by atoms with Crippen molar-refractivity contribution < 1.29 is 53.7 Å². The SMILES string of the molecule is CC(C)C[C@H](NC(=O)[C@H](Cc1c[nH]c2ccccc12)NC(=O)[C@H](Cc1c[nH]c2ccccc12)NC(=O)[C@@H](N)Cc1ccc(O)cc1)C(=O)N[C@@H](CC(=O)O)C(=O)N1CCC[C@H]1C(=O)N1CCC[C@H]1C(=O)O. The van der Waals surface area contributed by atoms with Gasteiger partial charge in [0.15, 0.2) is 0 Å². The lowest BCUT2D eigenvalue weighted by atomic mass is 9.99. The smallest absolute Gasteiger partial charge is 0.326 e. The quantitative estimate of drug-likeness (QED) is 0.0507. The zero-order valence-electron chi connectivity index (χ0n) is 39.6. The molecule has 3 aromatic carbocycles. The zero-order chi connectivity index (χ0) is 50.9. The summed E-state index contributed by atoms with van der Waals surface area (Å²) in [6.45, 7) is 3.86. The predicted molar refractivity (Wildman–Crippen MR) is 260 cm³/mol. The number of hydrogen-bond acceptors (Lipinski definition) is 10. The number of carboxylic acids is 2. The van der Waals surface area contributed by atoms with Crippen LogP contribution in [0.4, 0.5) is 0 Å². The fraction of sp³-hybridized carbons (Fsp3) is 0.412. The molecule has 20 heteroatoms. The van der Waals surface area contributed by atoms with Gasteiger partial charge in [0.25, 0.3) is 0 Å². The Hall–Kier alpha value is -7.74. The predicted octanol–water partition coefficient (Wildman–Crippen LogP) is 2.24. The van der Waals surface area contributed by atoms with Crippen molar-refractivity contribution in [2.45, 2.75) is 114 Å². The van der Waals surface area contributed by atoms with E-state index in [2.05, 4.69) is 31.2 Å². The molecule has 376 valence electrons. The number of nitrogens with zero attached hydrogens (tertiary/aromatic N) is 2. The fourth-order valence-electron chi connectivity index (χ4n) is 9.58. The number of H-pyrrole nitrogens is 2. The molecule has 0 unspecified atom stereocenters. The van der Waals surface area contributed by atoms with Crippen molar-refractivity contribution >= 4 is 69.2 Å². The second-order valence-electron chi connectivity index (χ2n) is 18.8. The molecule has 0 radical (unpaired) electrons. The highest BCUT2D eigenvalue weighted by Crippen LogP contribution is 2.27. The van der Waals surface area contributed by atoms with Gasteiger partial charge in [-0.15, -0.1) is 0 Å². The molecule has 2 aromatic heterocycles. The van der Waals surface area contributed by atoms with Gasteiger partial charge in [-0.2, -0.15) is 0 Å². The highest BCUT2D eigenvalue weighted by atomic mass is 16.4.